The van der Waals surface area contributed by atoms with Gasteiger partial charge in [-0.05, 0) is 49.5 Å². The Labute approximate surface area is 130 Å². The van der Waals surface area contributed by atoms with Crippen LogP contribution in [0.2, 0.25) is 0 Å². The molecule has 0 spiro atoms. The van der Waals surface area contributed by atoms with Crippen LogP contribution >= 0.6 is 0 Å². The molecule has 1 aromatic heterocycles. The molecule has 0 unspecified atom stereocenters. The molecule has 0 atom stereocenters. The van der Waals surface area contributed by atoms with E-state index in [9.17, 15) is 8.78 Å². The van der Waals surface area contributed by atoms with Crippen molar-refractivity contribution >= 4 is 0 Å². The Balaban J connectivity index is 2.09. The first-order chi connectivity index (χ1) is 10.5. The van der Waals surface area contributed by atoms with Crippen LogP contribution in [0.15, 0.2) is 42.7 Å². The normalized spacial score (nSPS) is 11.4. The van der Waals surface area contributed by atoms with Gasteiger partial charge in [0.25, 0.3) is 0 Å². The summed E-state index contributed by atoms with van der Waals surface area (Å²) in [5.41, 5.74) is 1.77. The van der Waals surface area contributed by atoms with Crippen LogP contribution in [-0.4, -0.2) is 42.0 Å². The molecular formula is C17H21F2N3. The van der Waals surface area contributed by atoms with Crippen molar-refractivity contribution in [1.29, 1.82) is 0 Å². The number of rotatable bonds is 7. The topological polar surface area (TPSA) is 19.4 Å². The highest BCUT2D eigenvalue weighted by atomic mass is 19.1. The van der Waals surface area contributed by atoms with Crippen LogP contribution in [0.5, 0.6) is 0 Å². The molecule has 0 aliphatic carbocycles. The van der Waals surface area contributed by atoms with Crippen LogP contribution in [0.1, 0.15) is 11.1 Å². The fourth-order valence-electron chi connectivity index (χ4n) is 2.26. The molecule has 118 valence electrons. The number of hydrogen-bond acceptors (Lipinski definition) is 3. The van der Waals surface area contributed by atoms with Crippen LogP contribution in [0.25, 0.3) is 0 Å². The largest absolute Gasteiger partial charge is 0.308 e. The van der Waals surface area contributed by atoms with E-state index in [1.807, 2.05) is 26.2 Å². The standard InChI is InChI=1S/C17H21F2N3/c1-21(2)7-8-22(12-14-3-5-20-6-4-14)13-15-9-16(18)11-17(19)10-15/h3-6,9-11H,7-8,12-13H2,1-2H3. The van der Waals surface area contributed by atoms with Gasteiger partial charge in [0, 0.05) is 44.6 Å². The SMILES string of the molecule is CN(C)CCN(Cc1ccncc1)Cc1cc(F)cc(F)c1. The first-order valence-corrected chi connectivity index (χ1v) is 7.24. The lowest BCUT2D eigenvalue weighted by atomic mass is 10.1. The third-order valence-corrected chi connectivity index (χ3v) is 3.35. The van der Waals surface area contributed by atoms with E-state index in [2.05, 4.69) is 14.8 Å². The molecule has 0 amide bonds. The molecule has 22 heavy (non-hydrogen) atoms. The van der Waals surface area contributed by atoms with E-state index in [4.69, 9.17) is 0 Å². The van der Waals surface area contributed by atoms with Crippen molar-refractivity contribution in [2.24, 2.45) is 0 Å². The van der Waals surface area contributed by atoms with Crippen molar-refractivity contribution in [3.63, 3.8) is 0 Å². The molecule has 2 aromatic rings. The zero-order valence-electron chi connectivity index (χ0n) is 13.0. The predicted molar refractivity (Wildman–Crippen MR) is 83.3 cm³/mol. The van der Waals surface area contributed by atoms with Crippen LogP contribution in [0.4, 0.5) is 8.78 Å². The summed E-state index contributed by atoms with van der Waals surface area (Å²) in [5.74, 6) is -1.07. The number of hydrogen-bond donors (Lipinski definition) is 0. The summed E-state index contributed by atoms with van der Waals surface area (Å²) in [6.45, 7) is 2.91. The van der Waals surface area contributed by atoms with Crippen molar-refractivity contribution in [1.82, 2.24) is 14.8 Å². The van der Waals surface area contributed by atoms with Gasteiger partial charge in [-0.15, -0.1) is 0 Å². The van der Waals surface area contributed by atoms with Gasteiger partial charge < -0.3 is 4.90 Å². The first kappa shape index (κ1) is 16.5. The van der Waals surface area contributed by atoms with Gasteiger partial charge >= 0.3 is 0 Å². The summed E-state index contributed by atoms with van der Waals surface area (Å²) < 4.78 is 26.7. The average molecular weight is 305 g/mol. The second-order valence-electron chi connectivity index (χ2n) is 5.65. The number of pyridine rings is 1. The Kier molecular flexibility index (Phi) is 5.98. The zero-order chi connectivity index (χ0) is 15.9. The lowest BCUT2D eigenvalue weighted by molar-refractivity contribution is 0.225. The molecule has 1 heterocycles. The second kappa shape index (κ2) is 7.96. The third kappa shape index (κ3) is 5.50. The molecule has 0 aliphatic rings. The van der Waals surface area contributed by atoms with E-state index < -0.39 is 11.6 Å². The highest BCUT2D eigenvalue weighted by Crippen LogP contribution is 2.13. The summed E-state index contributed by atoms with van der Waals surface area (Å²) in [7, 11) is 4.01. The maximum absolute atomic E-state index is 13.3. The molecular weight excluding hydrogens is 284 g/mol. The number of halogens is 2. The monoisotopic (exact) mass is 305 g/mol. The minimum Gasteiger partial charge on any atom is -0.308 e. The van der Waals surface area contributed by atoms with Crippen LogP contribution in [-0.2, 0) is 13.1 Å². The lowest BCUT2D eigenvalue weighted by Gasteiger charge is -2.24. The van der Waals surface area contributed by atoms with E-state index in [1.165, 1.54) is 12.1 Å². The number of likely N-dealkylation sites (N-methyl/N-ethyl adjacent to an activating group) is 1. The van der Waals surface area contributed by atoms with Crippen molar-refractivity contribution < 1.29 is 8.78 Å². The zero-order valence-corrected chi connectivity index (χ0v) is 13.0. The summed E-state index contributed by atoms with van der Waals surface area (Å²) in [4.78, 5) is 8.27. The first-order valence-electron chi connectivity index (χ1n) is 7.24. The second-order valence-corrected chi connectivity index (χ2v) is 5.65. The van der Waals surface area contributed by atoms with E-state index in [0.717, 1.165) is 24.7 Å². The van der Waals surface area contributed by atoms with Crippen LogP contribution < -0.4 is 0 Å². The van der Waals surface area contributed by atoms with Crippen molar-refractivity contribution in [3.05, 3.63) is 65.5 Å². The van der Waals surface area contributed by atoms with Crippen molar-refractivity contribution in [3.8, 4) is 0 Å². The lowest BCUT2D eigenvalue weighted by Crippen LogP contribution is -2.31. The quantitative estimate of drug-likeness (QED) is 0.784. The van der Waals surface area contributed by atoms with Gasteiger partial charge in [-0.25, -0.2) is 8.78 Å². The summed E-state index contributed by atoms with van der Waals surface area (Å²) in [5, 5.41) is 0. The molecule has 0 bridgehead atoms. The Bertz CT molecular complexity index is 567. The summed E-state index contributed by atoms with van der Waals surface area (Å²) in [6.07, 6.45) is 3.50. The van der Waals surface area contributed by atoms with E-state index in [0.29, 0.717) is 18.7 Å². The van der Waals surface area contributed by atoms with E-state index in [-0.39, 0.29) is 0 Å². The molecule has 5 heteroatoms. The van der Waals surface area contributed by atoms with Gasteiger partial charge in [-0.3, -0.25) is 9.88 Å². The molecule has 0 fully saturated rings. The number of benzene rings is 1. The molecule has 0 saturated carbocycles. The summed E-state index contributed by atoms with van der Waals surface area (Å²) in [6, 6.07) is 7.58. The highest BCUT2D eigenvalue weighted by molar-refractivity contribution is 5.18. The third-order valence-electron chi connectivity index (χ3n) is 3.35. The minimum atomic E-state index is -0.536. The number of nitrogens with zero attached hydrogens (tertiary/aromatic N) is 3. The van der Waals surface area contributed by atoms with E-state index >= 15 is 0 Å². The Morgan fingerprint density at radius 3 is 2.05 bits per heavy atom. The smallest absolute Gasteiger partial charge is 0.126 e. The number of aromatic nitrogens is 1. The molecule has 0 aliphatic heterocycles. The van der Waals surface area contributed by atoms with Gasteiger partial charge in [0.05, 0.1) is 0 Å². The molecule has 0 radical (unpaired) electrons. The fraction of sp³-hybridized carbons (Fsp3) is 0.353. The maximum Gasteiger partial charge on any atom is 0.126 e. The molecule has 1 aromatic carbocycles. The Morgan fingerprint density at radius 2 is 1.45 bits per heavy atom. The summed E-state index contributed by atoms with van der Waals surface area (Å²) >= 11 is 0. The molecule has 2 rings (SSSR count). The average Bonchev–Trinajstić information content (AvgIpc) is 2.44. The van der Waals surface area contributed by atoms with Gasteiger partial charge in [0.2, 0.25) is 0 Å². The highest BCUT2D eigenvalue weighted by Gasteiger charge is 2.10. The van der Waals surface area contributed by atoms with Gasteiger partial charge in [0.15, 0.2) is 0 Å². The molecule has 0 saturated heterocycles. The minimum absolute atomic E-state index is 0.505. The molecule has 3 nitrogen and oxygen atoms in total. The van der Waals surface area contributed by atoms with Crippen LogP contribution in [0.3, 0.4) is 0 Å². The van der Waals surface area contributed by atoms with Gasteiger partial charge in [-0.2, -0.15) is 0 Å². The Morgan fingerprint density at radius 1 is 0.864 bits per heavy atom. The maximum atomic E-state index is 13.3. The van der Waals surface area contributed by atoms with Gasteiger partial charge in [-0.1, -0.05) is 0 Å². The fourth-order valence-corrected chi connectivity index (χ4v) is 2.26. The molecule has 0 N–H and O–H groups in total. The Hall–Kier alpha value is -1.85. The predicted octanol–water partition coefficient (Wildman–Crippen LogP) is 2.92. The van der Waals surface area contributed by atoms with Crippen molar-refractivity contribution in [2.75, 3.05) is 27.2 Å². The van der Waals surface area contributed by atoms with Crippen LogP contribution in [0, 0.1) is 11.6 Å². The van der Waals surface area contributed by atoms with Crippen molar-refractivity contribution in [2.45, 2.75) is 13.1 Å². The van der Waals surface area contributed by atoms with E-state index in [1.54, 1.807) is 12.4 Å². The van der Waals surface area contributed by atoms with Gasteiger partial charge in [0.1, 0.15) is 11.6 Å².